The molecule has 0 bridgehead atoms. The van der Waals surface area contributed by atoms with Crippen molar-refractivity contribution in [3.8, 4) is 0 Å². The van der Waals surface area contributed by atoms with Crippen LogP contribution in [0.1, 0.15) is 37.4 Å². The van der Waals surface area contributed by atoms with Gasteiger partial charge < -0.3 is 10.2 Å². The van der Waals surface area contributed by atoms with Crippen LogP contribution >= 0.6 is 0 Å². The number of amides is 1. The van der Waals surface area contributed by atoms with E-state index in [9.17, 15) is 4.79 Å². The maximum atomic E-state index is 12.3. The van der Waals surface area contributed by atoms with E-state index in [4.69, 9.17) is 0 Å². The van der Waals surface area contributed by atoms with E-state index in [1.165, 1.54) is 11.1 Å². The van der Waals surface area contributed by atoms with E-state index in [0.29, 0.717) is 13.1 Å². The first-order valence-electron chi connectivity index (χ1n) is 8.73. The molecule has 1 amide bonds. The summed E-state index contributed by atoms with van der Waals surface area (Å²) in [5.74, 6) is 0.0826. The van der Waals surface area contributed by atoms with Gasteiger partial charge >= 0.3 is 0 Å². The minimum atomic E-state index is -0.121. The summed E-state index contributed by atoms with van der Waals surface area (Å²) in [5, 5.41) is 3.48. The van der Waals surface area contributed by atoms with Gasteiger partial charge in [0.15, 0.2) is 0 Å². The fourth-order valence-electron chi connectivity index (χ4n) is 3.27. The Bertz CT molecular complexity index is 710. The third kappa shape index (κ3) is 4.30. The van der Waals surface area contributed by atoms with Gasteiger partial charge in [0.2, 0.25) is 5.91 Å². The molecule has 1 aliphatic heterocycles. The molecule has 0 saturated heterocycles. The highest BCUT2D eigenvalue weighted by Crippen LogP contribution is 2.37. The van der Waals surface area contributed by atoms with Crippen LogP contribution in [0.4, 0.5) is 0 Å². The lowest BCUT2D eigenvalue weighted by Gasteiger charge is -2.39. The van der Waals surface area contributed by atoms with Gasteiger partial charge in [-0.25, -0.2) is 0 Å². The summed E-state index contributed by atoms with van der Waals surface area (Å²) < 4.78 is 0. The molecule has 0 aromatic heterocycles. The Morgan fingerprint density at radius 3 is 2.60 bits per heavy atom. The molecule has 1 aromatic rings. The first kappa shape index (κ1) is 18.8. The maximum Gasteiger partial charge on any atom is 0.220 e. The Balaban J connectivity index is 2.59. The monoisotopic (exact) mass is 336 g/mol. The van der Waals surface area contributed by atoms with Crippen molar-refractivity contribution < 1.29 is 4.79 Å². The average Bonchev–Trinajstić information content (AvgIpc) is 2.60. The standard InChI is InChI=1S/C22H28N2O/c1-6-8-17(4)20-13-15-24(18(5)25)22(21(20)23-14-7-2)19-11-9-16(3)10-12-19/h6-12,22-23H,2,4,13-15H2,1,3,5H3/b8-6-. The molecule has 3 nitrogen and oxygen atoms in total. The van der Waals surface area contributed by atoms with Crippen LogP contribution in [-0.4, -0.2) is 23.9 Å². The zero-order chi connectivity index (χ0) is 18.4. The van der Waals surface area contributed by atoms with Crippen LogP contribution in [0, 0.1) is 6.92 Å². The molecule has 25 heavy (non-hydrogen) atoms. The predicted molar refractivity (Wildman–Crippen MR) is 105 cm³/mol. The number of hydrogen-bond acceptors (Lipinski definition) is 2. The van der Waals surface area contributed by atoms with Crippen molar-refractivity contribution in [1.82, 2.24) is 10.2 Å². The summed E-state index contributed by atoms with van der Waals surface area (Å²) in [4.78, 5) is 14.2. The summed E-state index contributed by atoms with van der Waals surface area (Å²) in [6.07, 6.45) is 6.66. The molecule has 1 aromatic carbocycles. The van der Waals surface area contributed by atoms with Crippen LogP contribution in [-0.2, 0) is 4.79 Å². The lowest BCUT2D eigenvalue weighted by Crippen LogP contribution is -2.42. The molecule has 1 N–H and O–H groups in total. The quantitative estimate of drug-likeness (QED) is 0.615. The highest BCUT2D eigenvalue weighted by molar-refractivity contribution is 5.75. The molecule has 0 radical (unpaired) electrons. The fraction of sp³-hybridized carbons (Fsp3) is 0.318. The van der Waals surface area contributed by atoms with Crippen molar-refractivity contribution in [2.45, 2.75) is 33.2 Å². The van der Waals surface area contributed by atoms with Crippen molar-refractivity contribution in [3.63, 3.8) is 0 Å². The first-order chi connectivity index (χ1) is 12.0. The number of nitrogens with zero attached hydrogens (tertiary/aromatic N) is 1. The van der Waals surface area contributed by atoms with Crippen molar-refractivity contribution in [3.05, 3.63) is 83.6 Å². The molecule has 0 aliphatic carbocycles. The Kier molecular flexibility index (Phi) is 6.40. The molecule has 132 valence electrons. The van der Waals surface area contributed by atoms with Crippen LogP contribution in [0.5, 0.6) is 0 Å². The third-order valence-corrected chi connectivity index (χ3v) is 4.50. The SMILES string of the molecule is C=CCNC1=C(C(=C)/C=C\C)CCN(C(C)=O)C1c1ccc(C)cc1. The lowest BCUT2D eigenvalue weighted by atomic mass is 9.88. The minimum Gasteiger partial charge on any atom is -0.383 e. The van der Waals surface area contributed by atoms with Crippen LogP contribution < -0.4 is 5.32 Å². The van der Waals surface area contributed by atoms with Gasteiger partial charge in [-0.05, 0) is 37.0 Å². The Labute approximate surface area is 151 Å². The van der Waals surface area contributed by atoms with Crippen LogP contribution in [0.25, 0.3) is 0 Å². The second kappa shape index (κ2) is 8.52. The fourth-order valence-corrected chi connectivity index (χ4v) is 3.27. The molecule has 1 atom stereocenters. The smallest absolute Gasteiger partial charge is 0.220 e. The normalized spacial score (nSPS) is 17.7. The lowest BCUT2D eigenvalue weighted by molar-refractivity contribution is -0.131. The number of rotatable bonds is 6. The van der Waals surface area contributed by atoms with Crippen molar-refractivity contribution in [1.29, 1.82) is 0 Å². The van der Waals surface area contributed by atoms with E-state index in [1.54, 1.807) is 6.92 Å². The van der Waals surface area contributed by atoms with Crippen molar-refractivity contribution in [2.75, 3.05) is 13.1 Å². The van der Waals surface area contributed by atoms with Crippen LogP contribution in [0.15, 0.2) is 72.5 Å². The van der Waals surface area contributed by atoms with Crippen LogP contribution in [0.3, 0.4) is 0 Å². The molecule has 0 saturated carbocycles. The van der Waals surface area contributed by atoms with E-state index in [0.717, 1.165) is 23.3 Å². The summed E-state index contributed by atoms with van der Waals surface area (Å²) in [7, 11) is 0. The van der Waals surface area contributed by atoms with E-state index < -0.39 is 0 Å². The zero-order valence-corrected chi connectivity index (χ0v) is 15.5. The number of nitrogens with one attached hydrogen (secondary N) is 1. The Morgan fingerprint density at radius 1 is 1.36 bits per heavy atom. The topological polar surface area (TPSA) is 32.3 Å². The van der Waals surface area contributed by atoms with Gasteiger partial charge in [-0.2, -0.15) is 0 Å². The average molecular weight is 336 g/mol. The molecular weight excluding hydrogens is 308 g/mol. The predicted octanol–water partition coefficient (Wildman–Crippen LogP) is 4.45. The van der Waals surface area contributed by atoms with Gasteiger partial charge in [-0.15, -0.1) is 6.58 Å². The Morgan fingerprint density at radius 2 is 2.04 bits per heavy atom. The largest absolute Gasteiger partial charge is 0.383 e. The van der Waals surface area contributed by atoms with Gasteiger partial charge in [0.1, 0.15) is 0 Å². The second-order valence-corrected chi connectivity index (χ2v) is 6.36. The number of allylic oxidation sites excluding steroid dienone is 3. The van der Waals surface area contributed by atoms with E-state index in [2.05, 4.69) is 49.7 Å². The second-order valence-electron chi connectivity index (χ2n) is 6.36. The maximum absolute atomic E-state index is 12.3. The zero-order valence-electron chi connectivity index (χ0n) is 15.5. The molecule has 2 rings (SSSR count). The third-order valence-electron chi connectivity index (χ3n) is 4.50. The first-order valence-corrected chi connectivity index (χ1v) is 8.73. The Hall–Kier alpha value is -2.55. The van der Waals surface area contributed by atoms with E-state index in [1.807, 2.05) is 30.1 Å². The minimum absolute atomic E-state index is 0.0826. The number of benzene rings is 1. The summed E-state index contributed by atoms with van der Waals surface area (Å²) >= 11 is 0. The van der Waals surface area contributed by atoms with Gasteiger partial charge in [0.05, 0.1) is 6.04 Å². The number of carbonyl (C=O) groups excluding carboxylic acids is 1. The number of hydrogen-bond donors (Lipinski definition) is 1. The van der Waals surface area contributed by atoms with E-state index in [-0.39, 0.29) is 11.9 Å². The summed E-state index contributed by atoms with van der Waals surface area (Å²) in [5.41, 5.74) is 5.54. The highest BCUT2D eigenvalue weighted by atomic mass is 16.2. The van der Waals surface area contributed by atoms with Gasteiger partial charge in [-0.3, -0.25) is 4.79 Å². The number of aryl methyl sites for hydroxylation is 1. The van der Waals surface area contributed by atoms with Crippen molar-refractivity contribution in [2.24, 2.45) is 0 Å². The van der Waals surface area contributed by atoms with Gasteiger partial charge in [-0.1, -0.05) is 54.6 Å². The number of carbonyl (C=O) groups is 1. The molecular formula is C22H28N2O. The molecule has 0 spiro atoms. The summed E-state index contributed by atoms with van der Waals surface area (Å²) in [6.45, 7) is 15.1. The van der Waals surface area contributed by atoms with E-state index >= 15 is 0 Å². The molecule has 1 heterocycles. The molecule has 3 heteroatoms. The van der Waals surface area contributed by atoms with Crippen LogP contribution in [0.2, 0.25) is 0 Å². The van der Waals surface area contributed by atoms with Gasteiger partial charge in [0, 0.05) is 25.7 Å². The highest BCUT2D eigenvalue weighted by Gasteiger charge is 2.32. The summed E-state index contributed by atoms with van der Waals surface area (Å²) in [6, 6.07) is 8.27. The van der Waals surface area contributed by atoms with Gasteiger partial charge in [0.25, 0.3) is 0 Å². The molecule has 0 fully saturated rings. The molecule has 1 unspecified atom stereocenters. The molecule has 1 aliphatic rings. The van der Waals surface area contributed by atoms with Crippen molar-refractivity contribution >= 4 is 5.91 Å².